The van der Waals surface area contributed by atoms with Crippen LogP contribution in [0.15, 0.2) is 17.1 Å². The number of carbonyl (C=O) groups is 1. The third-order valence-corrected chi connectivity index (χ3v) is 4.69. The number of carboxylic acid groups (broad SMARTS) is 1. The zero-order valence-corrected chi connectivity index (χ0v) is 14.3. The number of methoxy groups -OCH3 is 1. The number of aryl methyl sites for hydroxylation is 1. The fourth-order valence-electron chi connectivity index (χ4n) is 3.50. The number of rotatable bonds is 4. The van der Waals surface area contributed by atoms with Gasteiger partial charge in [-0.3, -0.25) is 4.79 Å². The molecule has 0 radical (unpaired) electrons. The van der Waals surface area contributed by atoms with Gasteiger partial charge < -0.3 is 19.3 Å². The van der Waals surface area contributed by atoms with Gasteiger partial charge in [0.25, 0.3) is 0 Å². The lowest BCUT2D eigenvalue weighted by Crippen LogP contribution is -2.31. The number of aromatic carboxylic acids is 1. The first-order chi connectivity index (χ1) is 12.0. The second-order valence-corrected chi connectivity index (χ2v) is 6.15. The molecule has 134 valence electrons. The van der Waals surface area contributed by atoms with E-state index in [1.165, 1.54) is 13.3 Å². The summed E-state index contributed by atoms with van der Waals surface area (Å²) in [5.74, 6) is -1.60. The van der Waals surface area contributed by atoms with Crippen molar-refractivity contribution in [2.24, 2.45) is 0 Å². The van der Waals surface area contributed by atoms with Gasteiger partial charge >= 0.3 is 5.97 Å². The molecule has 0 aliphatic carbocycles. The summed E-state index contributed by atoms with van der Waals surface area (Å²) in [5, 5.41) is 9.28. The minimum Gasteiger partial charge on any atom is -0.492 e. The number of hydrogen-bond donors (Lipinski definition) is 1. The van der Waals surface area contributed by atoms with Crippen molar-refractivity contribution in [3.63, 3.8) is 0 Å². The third kappa shape index (κ3) is 2.83. The van der Waals surface area contributed by atoms with Crippen LogP contribution < -0.4 is 15.1 Å². The van der Waals surface area contributed by atoms with E-state index in [4.69, 9.17) is 4.74 Å². The lowest BCUT2D eigenvalue weighted by atomic mass is 10.1. The van der Waals surface area contributed by atoms with Crippen LogP contribution in [0.4, 0.5) is 10.1 Å². The minimum atomic E-state index is -1.33. The molecule has 0 atom stereocenters. The van der Waals surface area contributed by atoms with E-state index >= 15 is 0 Å². The van der Waals surface area contributed by atoms with Gasteiger partial charge in [-0.1, -0.05) is 0 Å². The van der Waals surface area contributed by atoms with Gasteiger partial charge in [0, 0.05) is 25.8 Å². The van der Waals surface area contributed by atoms with Gasteiger partial charge in [-0.2, -0.15) is 0 Å². The van der Waals surface area contributed by atoms with Crippen LogP contribution in [0.2, 0.25) is 0 Å². The number of piperidine rings is 1. The lowest BCUT2D eigenvalue weighted by Gasteiger charge is -2.31. The van der Waals surface area contributed by atoms with Crippen LogP contribution in [0.5, 0.6) is 5.75 Å². The van der Waals surface area contributed by atoms with Gasteiger partial charge in [0.1, 0.15) is 11.3 Å². The molecule has 2 heterocycles. The van der Waals surface area contributed by atoms with Crippen LogP contribution in [0.25, 0.3) is 10.9 Å². The maximum atomic E-state index is 14.9. The average Bonchev–Trinajstić information content (AvgIpc) is 2.61. The van der Waals surface area contributed by atoms with E-state index in [1.807, 2.05) is 11.8 Å². The monoisotopic (exact) mass is 348 g/mol. The van der Waals surface area contributed by atoms with E-state index < -0.39 is 17.2 Å². The number of fused-ring (bicyclic) bond motifs is 1. The maximum absolute atomic E-state index is 14.9. The van der Waals surface area contributed by atoms with Crippen molar-refractivity contribution in [2.75, 3.05) is 25.1 Å². The molecule has 0 saturated carbocycles. The van der Waals surface area contributed by atoms with Crippen molar-refractivity contribution in [3.8, 4) is 5.75 Å². The average molecular weight is 348 g/mol. The highest BCUT2D eigenvalue weighted by Crippen LogP contribution is 2.39. The molecule has 2 aromatic rings. The molecule has 6 nitrogen and oxygen atoms in total. The summed E-state index contributed by atoms with van der Waals surface area (Å²) in [5.41, 5.74) is -0.294. The summed E-state index contributed by atoms with van der Waals surface area (Å²) in [6.07, 6.45) is 4.35. The molecule has 1 fully saturated rings. The summed E-state index contributed by atoms with van der Waals surface area (Å²) in [7, 11) is 1.44. The van der Waals surface area contributed by atoms with Crippen molar-refractivity contribution in [3.05, 3.63) is 33.9 Å². The molecule has 1 saturated heterocycles. The fraction of sp³-hybridized carbons (Fsp3) is 0.444. The van der Waals surface area contributed by atoms with Crippen LogP contribution in [0.1, 0.15) is 36.5 Å². The van der Waals surface area contributed by atoms with Crippen molar-refractivity contribution in [1.82, 2.24) is 4.57 Å². The zero-order chi connectivity index (χ0) is 18.1. The normalized spacial score (nSPS) is 14.8. The summed E-state index contributed by atoms with van der Waals surface area (Å²) >= 11 is 0. The molecule has 0 amide bonds. The Kier molecular flexibility index (Phi) is 4.65. The molecular formula is C18H21FN2O4. The van der Waals surface area contributed by atoms with Crippen molar-refractivity contribution in [1.29, 1.82) is 0 Å². The van der Waals surface area contributed by atoms with Crippen molar-refractivity contribution in [2.45, 2.75) is 32.7 Å². The molecule has 1 aliphatic rings. The van der Waals surface area contributed by atoms with Crippen LogP contribution >= 0.6 is 0 Å². The SMILES string of the molecule is CCn1cc(C(=O)O)c(=O)c2cc(F)c(N3CCCCC3)c(OC)c21. The smallest absolute Gasteiger partial charge is 0.341 e. The summed E-state index contributed by atoms with van der Waals surface area (Å²) in [6, 6.07) is 1.14. The zero-order valence-electron chi connectivity index (χ0n) is 14.3. The molecule has 0 bridgehead atoms. The highest BCUT2D eigenvalue weighted by atomic mass is 19.1. The minimum absolute atomic E-state index is 0.0249. The number of carboxylic acids is 1. The second kappa shape index (κ2) is 6.74. The van der Waals surface area contributed by atoms with Crippen molar-refractivity contribution >= 4 is 22.6 Å². The Morgan fingerprint density at radius 2 is 2.00 bits per heavy atom. The van der Waals surface area contributed by atoms with Crippen LogP contribution in [0.3, 0.4) is 0 Å². The van der Waals surface area contributed by atoms with Crippen LogP contribution in [0, 0.1) is 5.82 Å². The number of nitrogens with zero attached hydrogens (tertiary/aromatic N) is 2. The molecule has 1 N–H and O–H groups in total. The van der Waals surface area contributed by atoms with Gasteiger partial charge in [-0.05, 0) is 32.3 Å². The number of anilines is 1. The Morgan fingerprint density at radius 1 is 1.32 bits per heavy atom. The van der Waals surface area contributed by atoms with E-state index in [1.54, 1.807) is 4.57 Å². The van der Waals surface area contributed by atoms with E-state index in [2.05, 4.69) is 0 Å². The highest BCUT2D eigenvalue weighted by molar-refractivity contribution is 5.97. The summed E-state index contributed by atoms with van der Waals surface area (Å²) < 4.78 is 22.0. The second-order valence-electron chi connectivity index (χ2n) is 6.15. The van der Waals surface area contributed by atoms with Crippen LogP contribution in [-0.4, -0.2) is 35.8 Å². The number of ether oxygens (including phenoxy) is 1. The Labute approximate surface area is 144 Å². The number of halogens is 1. The standard InChI is InChI=1S/C18H21FN2O4/c1-3-20-10-12(18(23)24)16(22)11-9-13(19)15(17(25-2)14(11)20)21-7-5-4-6-8-21/h9-10H,3-8H2,1-2H3,(H,23,24). The van der Waals surface area contributed by atoms with Gasteiger partial charge in [0.2, 0.25) is 5.43 Å². The van der Waals surface area contributed by atoms with Gasteiger partial charge in [-0.25, -0.2) is 9.18 Å². The molecule has 25 heavy (non-hydrogen) atoms. The first kappa shape index (κ1) is 17.3. The third-order valence-electron chi connectivity index (χ3n) is 4.69. The first-order valence-electron chi connectivity index (χ1n) is 8.41. The predicted octanol–water partition coefficient (Wildman–Crippen LogP) is 2.86. The number of hydrogen-bond acceptors (Lipinski definition) is 4. The predicted molar refractivity (Wildman–Crippen MR) is 93.4 cm³/mol. The molecular weight excluding hydrogens is 327 g/mol. The van der Waals surface area contributed by atoms with E-state index in [0.717, 1.165) is 38.4 Å². The van der Waals surface area contributed by atoms with E-state index in [0.29, 0.717) is 17.7 Å². The Morgan fingerprint density at radius 3 is 2.56 bits per heavy atom. The Balaban J connectivity index is 2.38. The largest absolute Gasteiger partial charge is 0.492 e. The molecule has 3 rings (SSSR count). The first-order valence-corrected chi connectivity index (χ1v) is 8.41. The molecule has 1 aromatic heterocycles. The van der Waals surface area contributed by atoms with E-state index in [-0.39, 0.29) is 16.7 Å². The summed E-state index contributed by atoms with van der Waals surface area (Å²) in [6.45, 7) is 3.71. The van der Waals surface area contributed by atoms with Gasteiger partial charge in [0.15, 0.2) is 11.6 Å². The Hall–Kier alpha value is -2.57. The number of pyridine rings is 1. The number of benzene rings is 1. The maximum Gasteiger partial charge on any atom is 0.341 e. The molecule has 0 spiro atoms. The van der Waals surface area contributed by atoms with Crippen LogP contribution in [-0.2, 0) is 6.54 Å². The van der Waals surface area contributed by atoms with Crippen molar-refractivity contribution < 1.29 is 19.0 Å². The quantitative estimate of drug-likeness (QED) is 0.920. The van der Waals surface area contributed by atoms with Gasteiger partial charge in [0.05, 0.1) is 18.0 Å². The molecule has 0 unspecified atom stereocenters. The lowest BCUT2D eigenvalue weighted by molar-refractivity contribution is 0.0695. The fourth-order valence-corrected chi connectivity index (χ4v) is 3.50. The molecule has 7 heteroatoms. The van der Waals surface area contributed by atoms with E-state index in [9.17, 15) is 19.1 Å². The highest BCUT2D eigenvalue weighted by Gasteiger charge is 2.26. The molecule has 1 aromatic carbocycles. The number of aromatic nitrogens is 1. The molecule has 1 aliphatic heterocycles. The Bertz CT molecular complexity index is 885. The topological polar surface area (TPSA) is 71.8 Å². The van der Waals surface area contributed by atoms with Gasteiger partial charge in [-0.15, -0.1) is 0 Å². The summed E-state index contributed by atoms with van der Waals surface area (Å²) in [4.78, 5) is 25.8.